The molecule has 0 fully saturated rings. The molecule has 1 radical (unpaired) electrons. The van der Waals surface area contributed by atoms with E-state index in [2.05, 4.69) is 5.43 Å². The van der Waals surface area contributed by atoms with Crippen LogP contribution in [0, 0.1) is 0 Å². The van der Waals surface area contributed by atoms with Crippen molar-refractivity contribution in [1.29, 1.82) is 0 Å². The Morgan fingerprint density at radius 1 is 1.20 bits per heavy atom. The van der Waals surface area contributed by atoms with Gasteiger partial charge in [-0.1, -0.05) is 29.3 Å². The number of hydrogen-bond acceptors (Lipinski definition) is 1. The summed E-state index contributed by atoms with van der Waals surface area (Å²) in [5.41, 5.74) is 3.84. The predicted molar refractivity (Wildman–Crippen MR) is 42.4 cm³/mol. The van der Waals surface area contributed by atoms with Gasteiger partial charge in [-0.2, -0.15) is 0 Å². The van der Waals surface area contributed by atoms with Gasteiger partial charge < -0.3 is 0 Å². The molecule has 1 aromatic rings. The molecule has 10 heavy (non-hydrogen) atoms. The lowest BCUT2D eigenvalue weighted by atomic mass is 10.3. The second-order valence-corrected chi connectivity index (χ2v) is 2.51. The number of halogens is 2. The normalized spacial score (nSPS) is 9.50. The van der Waals surface area contributed by atoms with Crippen LogP contribution in [-0.4, -0.2) is 0 Å². The molecule has 2 N–H and O–H groups in total. The summed E-state index contributed by atoms with van der Waals surface area (Å²) in [6, 6.07) is 5.09. The van der Waals surface area contributed by atoms with Gasteiger partial charge >= 0.3 is 0 Å². The highest BCUT2D eigenvalue weighted by molar-refractivity contribution is 6.38. The minimum Gasteiger partial charge on any atom is -0.227 e. The van der Waals surface area contributed by atoms with E-state index in [-0.39, 0.29) is 0 Å². The molecular formula is C6H5Cl2N2. The first-order chi connectivity index (χ1) is 4.75. The molecule has 53 valence electrons. The van der Waals surface area contributed by atoms with Crippen molar-refractivity contribution in [2.75, 3.05) is 0 Å². The molecular weight excluding hydrogens is 171 g/mol. The first-order valence-electron chi connectivity index (χ1n) is 2.60. The molecule has 0 aromatic heterocycles. The van der Waals surface area contributed by atoms with Crippen molar-refractivity contribution in [3.63, 3.8) is 0 Å². The summed E-state index contributed by atoms with van der Waals surface area (Å²) in [6.07, 6.45) is 0. The lowest BCUT2D eigenvalue weighted by molar-refractivity contribution is 0.959. The Bertz CT molecular complexity index is 217. The fourth-order valence-electron chi connectivity index (χ4n) is 0.612. The molecule has 0 aliphatic rings. The third kappa shape index (κ3) is 1.34. The van der Waals surface area contributed by atoms with Gasteiger partial charge in [0.1, 0.15) is 5.69 Å². The minimum atomic E-state index is 0.436. The average Bonchev–Trinajstić information content (AvgIpc) is 1.88. The molecule has 1 aromatic carbocycles. The van der Waals surface area contributed by atoms with E-state index >= 15 is 0 Å². The number of benzene rings is 1. The van der Waals surface area contributed by atoms with Gasteiger partial charge in [0, 0.05) is 0 Å². The zero-order valence-corrected chi connectivity index (χ0v) is 6.52. The van der Waals surface area contributed by atoms with Crippen LogP contribution in [0.3, 0.4) is 0 Å². The smallest absolute Gasteiger partial charge is 0.114 e. The van der Waals surface area contributed by atoms with Gasteiger partial charge in [-0.25, -0.2) is 11.3 Å². The Morgan fingerprint density at radius 2 is 1.70 bits per heavy atom. The SMILES string of the molecule is N[N]c1c(Cl)cccc1Cl. The van der Waals surface area contributed by atoms with Gasteiger partial charge in [0.15, 0.2) is 0 Å². The third-order valence-corrected chi connectivity index (χ3v) is 1.68. The minimum absolute atomic E-state index is 0.436. The van der Waals surface area contributed by atoms with Gasteiger partial charge in [0.25, 0.3) is 0 Å². The summed E-state index contributed by atoms with van der Waals surface area (Å²) in [5, 5.41) is 0.935. The van der Waals surface area contributed by atoms with Gasteiger partial charge in [-0.3, -0.25) is 0 Å². The first kappa shape index (κ1) is 7.66. The highest BCUT2D eigenvalue weighted by Crippen LogP contribution is 2.28. The highest BCUT2D eigenvalue weighted by atomic mass is 35.5. The van der Waals surface area contributed by atoms with Crippen LogP contribution in [-0.2, 0) is 0 Å². The van der Waals surface area contributed by atoms with Crippen LogP contribution in [0.4, 0.5) is 5.69 Å². The first-order valence-corrected chi connectivity index (χ1v) is 3.36. The zero-order chi connectivity index (χ0) is 7.56. The Kier molecular flexibility index (Phi) is 2.38. The topological polar surface area (TPSA) is 40.1 Å². The van der Waals surface area contributed by atoms with Gasteiger partial charge in [0.05, 0.1) is 10.0 Å². The standard InChI is InChI=1S/C6H5Cl2N2/c7-4-2-1-3-5(8)6(4)10-9/h1-3H,9H2. The van der Waals surface area contributed by atoms with Gasteiger partial charge in [0.2, 0.25) is 0 Å². The largest absolute Gasteiger partial charge is 0.227 e. The van der Waals surface area contributed by atoms with Crippen molar-refractivity contribution in [1.82, 2.24) is 5.43 Å². The van der Waals surface area contributed by atoms with Crippen LogP contribution in [0.25, 0.3) is 0 Å². The molecule has 0 unspecified atom stereocenters. The lowest BCUT2D eigenvalue weighted by Gasteiger charge is -2.00. The maximum Gasteiger partial charge on any atom is 0.114 e. The molecule has 0 spiro atoms. The maximum atomic E-state index is 5.67. The average molecular weight is 176 g/mol. The molecule has 1 rings (SSSR count). The van der Waals surface area contributed by atoms with Gasteiger partial charge in [-0.15, -0.1) is 0 Å². The fourth-order valence-corrected chi connectivity index (χ4v) is 1.11. The Hall–Kier alpha value is -0.440. The fraction of sp³-hybridized carbons (Fsp3) is 0. The zero-order valence-electron chi connectivity index (χ0n) is 5.01. The van der Waals surface area contributed by atoms with Gasteiger partial charge in [-0.05, 0) is 12.1 Å². The Labute approximate surface area is 68.9 Å². The lowest BCUT2D eigenvalue weighted by Crippen LogP contribution is -2.05. The van der Waals surface area contributed by atoms with Crippen LogP contribution in [0.5, 0.6) is 0 Å². The van der Waals surface area contributed by atoms with Crippen molar-refractivity contribution >= 4 is 28.9 Å². The Balaban J connectivity index is 3.17. The van der Waals surface area contributed by atoms with E-state index in [1.165, 1.54) is 0 Å². The van der Waals surface area contributed by atoms with E-state index in [0.717, 1.165) is 0 Å². The summed E-state index contributed by atoms with van der Waals surface area (Å²) >= 11 is 11.3. The molecule has 2 nitrogen and oxygen atoms in total. The molecule has 4 heteroatoms. The summed E-state index contributed by atoms with van der Waals surface area (Å²) in [4.78, 5) is 0. The molecule has 0 heterocycles. The van der Waals surface area contributed by atoms with Crippen LogP contribution >= 0.6 is 23.2 Å². The van der Waals surface area contributed by atoms with E-state index in [9.17, 15) is 0 Å². The van der Waals surface area contributed by atoms with E-state index in [1.807, 2.05) is 0 Å². The summed E-state index contributed by atoms with van der Waals surface area (Å²) in [6.45, 7) is 0. The van der Waals surface area contributed by atoms with Crippen molar-refractivity contribution in [3.8, 4) is 0 Å². The molecule has 0 saturated carbocycles. The van der Waals surface area contributed by atoms with E-state index < -0.39 is 0 Å². The Morgan fingerprint density at radius 3 is 2.00 bits per heavy atom. The van der Waals surface area contributed by atoms with Crippen molar-refractivity contribution < 1.29 is 0 Å². The quantitative estimate of drug-likeness (QED) is 0.516. The van der Waals surface area contributed by atoms with Crippen molar-refractivity contribution in [2.45, 2.75) is 0 Å². The summed E-state index contributed by atoms with van der Waals surface area (Å²) < 4.78 is 0. The van der Waals surface area contributed by atoms with E-state index in [4.69, 9.17) is 29.0 Å². The number of nitrogens with two attached hydrogens (primary N) is 1. The molecule has 0 aliphatic heterocycles. The second-order valence-electron chi connectivity index (χ2n) is 1.70. The number of nitrogens with zero attached hydrogens (tertiary/aromatic N) is 1. The number of hydrogen-bond donors (Lipinski definition) is 1. The third-order valence-electron chi connectivity index (χ3n) is 1.07. The monoisotopic (exact) mass is 175 g/mol. The molecule has 0 aliphatic carbocycles. The second kappa shape index (κ2) is 3.10. The summed E-state index contributed by atoms with van der Waals surface area (Å²) in [7, 11) is 0. The molecule has 0 atom stereocenters. The van der Waals surface area contributed by atoms with Crippen molar-refractivity contribution in [3.05, 3.63) is 28.2 Å². The number of rotatable bonds is 1. The van der Waals surface area contributed by atoms with Crippen LogP contribution in [0.15, 0.2) is 18.2 Å². The van der Waals surface area contributed by atoms with Crippen LogP contribution < -0.4 is 11.3 Å². The highest BCUT2D eigenvalue weighted by Gasteiger charge is 2.02. The molecule has 0 saturated heterocycles. The molecule has 0 amide bonds. The molecule has 0 bridgehead atoms. The van der Waals surface area contributed by atoms with Crippen molar-refractivity contribution in [2.24, 2.45) is 5.84 Å². The van der Waals surface area contributed by atoms with E-state index in [0.29, 0.717) is 15.7 Å². The predicted octanol–water partition coefficient (Wildman–Crippen LogP) is 2.10. The summed E-state index contributed by atoms with van der Waals surface area (Å²) in [5.74, 6) is 5.01. The maximum absolute atomic E-state index is 5.67. The van der Waals surface area contributed by atoms with Crippen LogP contribution in [0.2, 0.25) is 10.0 Å². The van der Waals surface area contributed by atoms with E-state index in [1.54, 1.807) is 18.2 Å². The van der Waals surface area contributed by atoms with Crippen LogP contribution in [0.1, 0.15) is 0 Å².